The summed E-state index contributed by atoms with van der Waals surface area (Å²) in [6, 6.07) is 0. The largest absolute Gasteiger partial charge is 0.204 e. The molecule has 0 saturated heterocycles. The van der Waals surface area contributed by atoms with Gasteiger partial charge >= 0.3 is 0 Å². The molecule has 2 nitrogen and oxygen atoms in total. The van der Waals surface area contributed by atoms with Crippen LogP contribution in [-0.4, -0.2) is 10.2 Å². The maximum absolute atomic E-state index is 13.4. The lowest BCUT2D eigenvalue weighted by Crippen LogP contribution is -2.17. The van der Waals surface area contributed by atoms with Gasteiger partial charge in [0, 0.05) is 11.0 Å². The predicted molar refractivity (Wildman–Crippen MR) is 53.1 cm³/mol. The van der Waals surface area contributed by atoms with Crippen molar-refractivity contribution in [2.45, 2.75) is 33.1 Å². The van der Waals surface area contributed by atoms with E-state index < -0.39 is 0 Å². The Hall–Kier alpha value is -0.510. The van der Waals surface area contributed by atoms with Crippen LogP contribution in [0.2, 0.25) is 0 Å². The minimum Gasteiger partial charge on any atom is -0.204 e. The molecule has 1 heterocycles. The fraction of sp³-hybridized carbons (Fsp3) is 0.556. The maximum Gasteiger partial charge on any atom is 0.164 e. The van der Waals surface area contributed by atoms with Gasteiger partial charge in [0.1, 0.15) is 0 Å². The van der Waals surface area contributed by atoms with Crippen molar-refractivity contribution in [2.24, 2.45) is 0 Å². The van der Waals surface area contributed by atoms with Crippen LogP contribution in [0.5, 0.6) is 0 Å². The van der Waals surface area contributed by atoms with Gasteiger partial charge in [0.05, 0.1) is 5.69 Å². The van der Waals surface area contributed by atoms with Crippen molar-refractivity contribution < 1.29 is 4.39 Å². The number of halogens is 2. The molecule has 0 bridgehead atoms. The molecule has 4 heteroatoms. The molecule has 0 saturated carbocycles. The Morgan fingerprint density at radius 1 is 1.23 bits per heavy atom. The van der Waals surface area contributed by atoms with Crippen LogP contribution in [0.15, 0.2) is 4.60 Å². The van der Waals surface area contributed by atoms with Crippen LogP contribution in [0, 0.1) is 12.7 Å². The molecule has 0 atom stereocenters. The standard InChI is InChI=1S/C9H12BrFN2/c1-5-6(11)8(10)13-12-7(5)9(2,3)4/h1-4H3. The van der Waals surface area contributed by atoms with Gasteiger partial charge < -0.3 is 0 Å². The highest BCUT2D eigenvalue weighted by Crippen LogP contribution is 2.26. The molecule has 72 valence electrons. The summed E-state index contributed by atoms with van der Waals surface area (Å²) in [5.41, 5.74) is 1.10. The average molecular weight is 247 g/mol. The van der Waals surface area contributed by atoms with Gasteiger partial charge in [-0.3, -0.25) is 0 Å². The van der Waals surface area contributed by atoms with E-state index in [1.54, 1.807) is 6.92 Å². The Kier molecular flexibility index (Phi) is 2.71. The Bertz CT molecular complexity index is 331. The summed E-state index contributed by atoms with van der Waals surface area (Å²) in [6.45, 7) is 7.67. The third-order valence-corrected chi connectivity index (χ3v) is 2.32. The van der Waals surface area contributed by atoms with Gasteiger partial charge in [0.15, 0.2) is 10.4 Å². The van der Waals surface area contributed by atoms with E-state index in [1.165, 1.54) is 0 Å². The lowest BCUT2D eigenvalue weighted by molar-refractivity contribution is 0.522. The van der Waals surface area contributed by atoms with Crippen LogP contribution in [0.1, 0.15) is 32.0 Å². The molecule has 0 aromatic carbocycles. The first kappa shape index (κ1) is 10.6. The Labute approximate surface area is 85.7 Å². The van der Waals surface area contributed by atoms with Crippen LogP contribution in [0.25, 0.3) is 0 Å². The minimum absolute atomic E-state index is 0.168. The van der Waals surface area contributed by atoms with E-state index in [0.29, 0.717) is 11.3 Å². The van der Waals surface area contributed by atoms with Crippen molar-refractivity contribution in [1.29, 1.82) is 0 Å². The lowest BCUT2D eigenvalue weighted by atomic mass is 9.89. The van der Waals surface area contributed by atoms with Crippen molar-refractivity contribution in [3.8, 4) is 0 Å². The third kappa shape index (κ3) is 2.05. The van der Waals surface area contributed by atoms with Crippen LogP contribution in [0.3, 0.4) is 0 Å². The molecule has 0 aliphatic heterocycles. The topological polar surface area (TPSA) is 25.8 Å². The summed E-state index contributed by atoms with van der Waals surface area (Å²) in [7, 11) is 0. The molecule has 1 aromatic heterocycles. The highest BCUT2D eigenvalue weighted by Gasteiger charge is 2.22. The molecular formula is C9H12BrFN2. The fourth-order valence-corrected chi connectivity index (χ4v) is 1.56. The van der Waals surface area contributed by atoms with Crippen molar-refractivity contribution in [3.05, 3.63) is 21.7 Å². The summed E-state index contributed by atoms with van der Waals surface area (Å²) in [4.78, 5) is 0. The fourth-order valence-electron chi connectivity index (χ4n) is 1.18. The van der Waals surface area contributed by atoms with Gasteiger partial charge in [-0.15, -0.1) is 5.10 Å². The SMILES string of the molecule is Cc1c(C(C)(C)C)nnc(Br)c1F. The van der Waals surface area contributed by atoms with Gasteiger partial charge in [-0.05, 0) is 22.9 Å². The number of aromatic nitrogens is 2. The smallest absolute Gasteiger partial charge is 0.164 e. The molecular weight excluding hydrogens is 235 g/mol. The Morgan fingerprint density at radius 3 is 2.23 bits per heavy atom. The molecule has 0 unspecified atom stereocenters. The van der Waals surface area contributed by atoms with Crippen molar-refractivity contribution in [3.63, 3.8) is 0 Å². The first-order valence-electron chi connectivity index (χ1n) is 4.03. The Morgan fingerprint density at radius 2 is 1.77 bits per heavy atom. The van der Waals surface area contributed by atoms with E-state index in [2.05, 4.69) is 26.1 Å². The first-order valence-corrected chi connectivity index (χ1v) is 4.82. The highest BCUT2D eigenvalue weighted by molar-refractivity contribution is 9.10. The summed E-state index contributed by atoms with van der Waals surface area (Å²) in [6.07, 6.45) is 0. The van der Waals surface area contributed by atoms with Gasteiger partial charge in [0.2, 0.25) is 0 Å². The average Bonchev–Trinajstić information content (AvgIpc) is 1.98. The van der Waals surface area contributed by atoms with Gasteiger partial charge in [0.25, 0.3) is 0 Å². The van der Waals surface area contributed by atoms with Crippen molar-refractivity contribution >= 4 is 15.9 Å². The summed E-state index contributed by atoms with van der Waals surface area (Å²) >= 11 is 3.00. The lowest BCUT2D eigenvalue weighted by Gasteiger charge is -2.19. The monoisotopic (exact) mass is 246 g/mol. The van der Waals surface area contributed by atoms with E-state index in [-0.39, 0.29) is 15.8 Å². The van der Waals surface area contributed by atoms with E-state index in [1.807, 2.05) is 20.8 Å². The normalized spacial score (nSPS) is 11.8. The van der Waals surface area contributed by atoms with Crippen LogP contribution < -0.4 is 0 Å². The number of hydrogen-bond donors (Lipinski definition) is 0. The number of nitrogens with zero attached hydrogens (tertiary/aromatic N) is 2. The molecule has 1 rings (SSSR count). The zero-order valence-electron chi connectivity index (χ0n) is 8.15. The molecule has 1 aromatic rings. The quantitative estimate of drug-likeness (QED) is 0.704. The Balaban J connectivity index is 3.35. The van der Waals surface area contributed by atoms with Crippen LogP contribution >= 0.6 is 15.9 Å². The highest BCUT2D eigenvalue weighted by atomic mass is 79.9. The summed E-state index contributed by atoms with van der Waals surface area (Å²) in [5, 5.41) is 7.67. The summed E-state index contributed by atoms with van der Waals surface area (Å²) in [5.74, 6) is -0.320. The first-order chi connectivity index (χ1) is 5.84. The van der Waals surface area contributed by atoms with Crippen LogP contribution in [0.4, 0.5) is 4.39 Å². The molecule has 0 spiro atoms. The number of hydrogen-bond acceptors (Lipinski definition) is 2. The second kappa shape index (κ2) is 3.33. The molecule has 0 aliphatic carbocycles. The zero-order valence-corrected chi connectivity index (χ0v) is 9.74. The van der Waals surface area contributed by atoms with E-state index >= 15 is 0 Å². The molecule has 0 aliphatic rings. The molecule has 0 fully saturated rings. The number of rotatable bonds is 0. The minimum atomic E-state index is -0.320. The molecule has 0 N–H and O–H groups in total. The van der Waals surface area contributed by atoms with Gasteiger partial charge in [-0.1, -0.05) is 20.8 Å². The van der Waals surface area contributed by atoms with E-state index in [9.17, 15) is 4.39 Å². The van der Waals surface area contributed by atoms with Gasteiger partial charge in [-0.25, -0.2) is 4.39 Å². The second-order valence-electron chi connectivity index (χ2n) is 4.03. The molecule has 0 radical (unpaired) electrons. The summed E-state index contributed by atoms with van der Waals surface area (Å²) < 4.78 is 13.6. The third-order valence-electron chi connectivity index (χ3n) is 1.81. The molecule has 13 heavy (non-hydrogen) atoms. The maximum atomic E-state index is 13.4. The van der Waals surface area contributed by atoms with Gasteiger partial charge in [-0.2, -0.15) is 5.10 Å². The van der Waals surface area contributed by atoms with Crippen LogP contribution in [-0.2, 0) is 5.41 Å². The van der Waals surface area contributed by atoms with Crippen molar-refractivity contribution in [2.75, 3.05) is 0 Å². The second-order valence-corrected chi connectivity index (χ2v) is 4.78. The van der Waals surface area contributed by atoms with E-state index in [4.69, 9.17) is 0 Å². The van der Waals surface area contributed by atoms with E-state index in [0.717, 1.165) is 0 Å². The molecule has 0 amide bonds. The van der Waals surface area contributed by atoms with Crippen molar-refractivity contribution in [1.82, 2.24) is 10.2 Å². The zero-order chi connectivity index (χ0) is 10.2. The predicted octanol–water partition coefficient (Wildman–Crippen LogP) is 2.98.